The van der Waals surface area contributed by atoms with Crippen molar-refractivity contribution in [2.24, 2.45) is 15.2 Å². The molecule has 5 rings (SSSR count). The van der Waals surface area contributed by atoms with Crippen molar-refractivity contribution < 1.29 is 14.4 Å². The molecule has 0 saturated heterocycles. The number of hydrogen-bond donors (Lipinski definition) is 1. The third-order valence-electron chi connectivity index (χ3n) is 12.9. The number of likely N-dealkylation sites (N-methyl/N-ethyl adjacent to an activating group) is 1. The topological polar surface area (TPSA) is 128 Å². The Balaban J connectivity index is 1.15. The van der Waals surface area contributed by atoms with Crippen LogP contribution in [0.15, 0.2) is 106 Å². The van der Waals surface area contributed by atoms with Crippen LogP contribution in [0, 0.1) is 13.8 Å². The summed E-state index contributed by atoms with van der Waals surface area (Å²) in [5.74, 6) is -0.0681. The molecule has 0 aliphatic carbocycles. The summed E-state index contributed by atoms with van der Waals surface area (Å²) in [6.45, 7) is 28.7. The molecule has 2 aromatic carbocycles. The third-order valence-corrected chi connectivity index (χ3v) is 12.9. The minimum absolute atomic E-state index is 0.205. The molecule has 2 aliphatic heterocycles. The van der Waals surface area contributed by atoms with Crippen molar-refractivity contribution in [2.45, 2.75) is 131 Å². The number of carbonyl (C=O) groups is 3. The Bertz CT molecular complexity index is 2330. The fourth-order valence-corrected chi connectivity index (χ4v) is 8.54. The molecule has 2 aliphatic rings. The molecule has 2 unspecified atom stereocenters. The second kappa shape index (κ2) is 23.8. The molecule has 2 atom stereocenters. The number of amides is 3. The van der Waals surface area contributed by atoms with Crippen LogP contribution in [-0.4, -0.2) is 98.7 Å². The largest absolute Gasteiger partial charge is 0.329 e. The van der Waals surface area contributed by atoms with Gasteiger partial charge >= 0.3 is 0 Å². The molecule has 1 aromatic heterocycles. The highest BCUT2D eigenvalue weighted by Gasteiger charge is 2.38. The van der Waals surface area contributed by atoms with Gasteiger partial charge in [-0.1, -0.05) is 93.8 Å². The van der Waals surface area contributed by atoms with E-state index in [0.29, 0.717) is 19.5 Å². The molecule has 3 heterocycles. The van der Waals surface area contributed by atoms with Crippen molar-refractivity contribution in [2.75, 3.05) is 26.2 Å². The first-order chi connectivity index (χ1) is 31.3. The van der Waals surface area contributed by atoms with Crippen LogP contribution < -0.4 is 5.32 Å². The molecular formula is C53H71N9O3. The van der Waals surface area contributed by atoms with Crippen molar-refractivity contribution in [3.63, 3.8) is 0 Å². The van der Waals surface area contributed by atoms with Crippen LogP contribution in [0.25, 0.3) is 11.1 Å². The number of carbonyl (C=O) groups excluding carboxylic acids is 3. The molecular weight excluding hydrogens is 811 g/mol. The maximum Gasteiger partial charge on any atom is 0.249 e. The lowest BCUT2D eigenvalue weighted by Crippen LogP contribution is -2.46. The minimum Gasteiger partial charge on any atom is -0.329 e. The summed E-state index contributed by atoms with van der Waals surface area (Å²) in [5, 5.41) is 15.7. The van der Waals surface area contributed by atoms with Gasteiger partial charge in [-0.05, 0) is 114 Å². The molecule has 1 N–H and O–H groups in total. The normalized spacial score (nSPS) is 18.2. The summed E-state index contributed by atoms with van der Waals surface area (Å²) in [6.07, 6.45) is 18.8. The number of benzene rings is 2. The number of amidine groups is 1. The number of aromatic nitrogens is 2. The zero-order valence-electron chi connectivity index (χ0n) is 40.2. The van der Waals surface area contributed by atoms with E-state index < -0.39 is 17.5 Å². The van der Waals surface area contributed by atoms with Crippen molar-refractivity contribution >= 4 is 47.6 Å². The van der Waals surface area contributed by atoms with E-state index in [1.54, 1.807) is 13.8 Å². The Morgan fingerprint density at radius 3 is 2.38 bits per heavy atom. The Kier molecular flexibility index (Phi) is 18.3. The summed E-state index contributed by atoms with van der Waals surface area (Å²) in [5.41, 5.74) is 11.0. The molecule has 65 heavy (non-hydrogen) atoms. The first-order valence-electron chi connectivity index (χ1n) is 23.4. The van der Waals surface area contributed by atoms with E-state index >= 15 is 0 Å². The van der Waals surface area contributed by atoms with E-state index in [0.717, 1.165) is 114 Å². The van der Waals surface area contributed by atoms with Crippen LogP contribution in [0.1, 0.15) is 126 Å². The number of allylic oxidation sites excluding steroid dienone is 4. The maximum absolute atomic E-state index is 12.7. The zero-order chi connectivity index (χ0) is 47.1. The van der Waals surface area contributed by atoms with Crippen LogP contribution in [0.5, 0.6) is 0 Å². The molecule has 346 valence electrons. The summed E-state index contributed by atoms with van der Waals surface area (Å²) >= 11 is 0. The van der Waals surface area contributed by atoms with E-state index in [1.165, 1.54) is 28.9 Å². The van der Waals surface area contributed by atoms with Gasteiger partial charge in [-0.15, -0.1) is 5.10 Å². The average molecular weight is 882 g/mol. The lowest BCUT2D eigenvalue weighted by molar-refractivity contribution is -0.137. The maximum atomic E-state index is 12.7. The van der Waals surface area contributed by atoms with Crippen molar-refractivity contribution in [1.29, 1.82) is 0 Å². The number of aliphatic imine (C=N–C) groups is 1. The van der Waals surface area contributed by atoms with E-state index in [2.05, 4.69) is 133 Å². The molecule has 0 fully saturated rings. The van der Waals surface area contributed by atoms with Gasteiger partial charge in [0.1, 0.15) is 11.6 Å². The predicted molar refractivity (Wildman–Crippen MR) is 267 cm³/mol. The van der Waals surface area contributed by atoms with E-state index in [4.69, 9.17) is 10.1 Å². The molecule has 3 amide bonds. The minimum atomic E-state index is -0.768. The smallest absolute Gasteiger partial charge is 0.249 e. The molecule has 0 spiro atoms. The van der Waals surface area contributed by atoms with Crippen molar-refractivity contribution in [3.05, 3.63) is 124 Å². The molecule has 0 bridgehead atoms. The van der Waals surface area contributed by atoms with Crippen LogP contribution >= 0.6 is 0 Å². The Hall–Kier alpha value is -6.01. The lowest BCUT2D eigenvalue weighted by atomic mass is 9.91. The second-order valence-electron chi connectivity index (χ2n) is 17.5. The van der Waals surface area contributed by atoms with Gasteiger partial charge in [0, 0.05) is 68.8 Å². The predicted octanol–water partition coefficient (Wildman–Crippen LogP) is 9.49. The number of rotatable bonds is 22. The number of nitrogens with one attached hydrogen (secondary N) is 1. The second-order valence-corrected chi connectivity index (χ2v) is 17.5. The highest BCUT2D eigenvalue weighted by Crippen LogP contribution is 2.34. The van der Waals surface area contributed by atoms with Gasteiger partial charge < -0.3 is 9.80 Å². The summed E-state index contributed by atoms with van der Waals surface area (Å²) in [4.78, 5) is 48.2. The van der Waals surface area contributed by atoms with Crippen LogP contribution in [0.4, 0.5) is 0 Å². The standard InChI is InChI=1S/C53H71N9O3/c1-11-48-46(50(43-25-23-38(5)24-26-43)57-53(9,13-3)52(58-54-10)62(48)14-4)33-40(7)44-34-55-61(35-44)30-19-17-15-16-18-29-59-31-27-42(28-32-59)45-22-20-21-39(6)47(45)36-60(37-63)41(8)51(65)56-49(64)12-2/h11,20-27,33-35,37,41H,1,10,12-19,28-32,36H2,2-9H3,(H,56,64,65)/b40-33+,58-52-. The number of hydrogen-bond acceptors (Lipinski definition) is 8. The quantitative estimate of drug-likeness (QED) is 0.0464. The Morgan fingerprint density at radius 1 is 1.03 bits per heavy atom. The summed E-state index contributed by atoms with van der Waals surface area (Å²) in [6, 6.07) is 14.0. The fourth-order valence-electron chi connectivity index (χ4n) is 8.54. The average Bonchev–Trinajstić information content (AvgIpc) is 3.76. The third kappa shape index (κ3) is 12.6. The van der Waals surface area contributed by atoms with Gasteiger partial charge in [0.2, 0.25) is 18.2 Å². The highest BCUT2D eigenvalue weighted by atomic mass is 16.2. The van der Waals surface area contributed by atoms with Gasteiger partial charge in [0.05, 0.1) is 17.6 Å². The Labute approximate surface area is 387 Å². The fraction of sp³-hybridized carbons (Fsp3) is 0.453. The SMILES string of the molecule is C=CC1=C(/C=C(\C)c2cnn(CCCCCCCN3CC=C(c4cccc(C)c4CN(C=O)C(C)C(=O)NC(=O)CC)CC3)c2)C(c2ccc(C)cc2)=NC(C)(CC)/C(=N/N=C)N1CC. The first-order valence-corrected chi connectivity index (χ1v) is 23.4. The van der Waals surface area contributed by atoms with Gasteiger partial charge in [0.15, 0.2) is 5.84 Å². The highest BCUT2D eigenvalue weighted by molar-refractivity contribution is 6.18. The molecule has 3 aromatic rings. The van der Waals surface area contributed by atoms with Crippen molar-refractivity contribution in [3.8, 4) is 0 Å². The molecule has 12 nitrogen and oxygen atoms in total. The first kappa shape index (κ1) is 50.0. The number of aryl methyl sites for hydroxylation is 3. The van der Waals surface area contributed by atoms with Gasteiger partial charge in [-0.25, -0.2) is 0 Å². The van der Waals surface area contributed by atoms with Gasteiger partial charge in [0.25, 0.3) is 0 Å². The van der Waals surface area contributed by atoms with Gasteiger partial charge in [-0.3, -0.25) is 34.3 Å². The van der Waals surface area contributed by atoms with Crippen LogP contribution in [0.3, 0.4) is 0 Å². The van der Waals surface area contributed by atoms with Crippen molar-refractivity contribution in [1.82, 2.24) is 29.8 Å². The number of unbranched alkanes of at least 4 members (excludes halogenated alkanes) is 4. The summed E-state index contributed by atoms with van der Waals surface area (Å²) in [7, 11) is 0. The number of nitrogens with zero attached hydrogens (tertiary/aromatic N) is 8. The van der Waals surface area contributed by atoms with E-state index in [9.17, 15) is 14.4 Å². The van der Waals surface area contributed by atoms with Crippen LogP contribution in [0.2, 0.25) is 0 Å². The lowest BCUT2D eigenvalue weighted by Gasteiger charge is -2.32. The van der Waals surface area contributed by atoms with Gasteiger partial charge in [-0.2, -0.15) is 10.2 Å². The molecule has 0 saturated carbocycles. The van der Waals surface area contributed by atoms with E-state index in [1.807, 2.05) is 25.3 Å². The molecule has 0 radical (unpaired) electrons. The molecule has 12 heteroatoms. The number of imide groups is 1. The van der Waals surface area contributed by atoms with Crippen LogP contribution in [-0.2, 0) is 27.5 Å². The zero-order valence-corrected chi connectivity index (χ0v) is 40.2. The van der Waals surface area contributed by atoms with E-state index in [-0.39, 0.29) is 12.3 Å². The Morgan fingerprint density at radius 2 is 1.75 bits per heavy atom. The monoisotopic (exact) mass is 882 g/mol. The summed E-state index contributed by atoms with van der Waals surface area (Å²) < 4.78 is 2.06.